The second kappa shape index (κ2) is 4.55. The zero-order valence-electron chi connectivity index (χ0n) is 9.24. The minimum atomic E-state index is 0.475. The third-order valence-electron chi connectivity index (χ3n) is 3.13. The van der Waals surface area contributed by atoms with Crippen molar-refractivity contribution in [1.82, 2.24) is 15.2 Å². The van der Waals surface area contributed by atoms with Gasteiger partial charge in [-0.2, -0.15) is 5.10 Å². The molecule has 0 saturated heterocycles. The summed E-state index contributed by atoms with van der Waals surface area (Å²) in [6.45, 7) is 1.84. The van der Waals surface area contributed by atoms with Gasteiger partial charge in [0, 0.05) is 5.92 Å². The predicted octanol–water partition coefficient (Wildman–Crippen LogP) is 2.20. The number of nitrogens with two attached hydrogens (primary N) is 1. The number of hydrogen-bond acceptors (Lipinski definition) is 4. The van der Waals surface area contributed by atoms with Crippen LogP contribution in [-0.4, -0.2) is 15.2 Å². The lowest BCUT2D eigenvalue weighted by molar-refractivity contribution is 0.550. The largest absolute Gasteiger partial charge is 0.382 e. The molecule has 0 radical (unpaired) electrons. The van der Waals surface area contributed by atoms with Crippen LogP contribution in [0.1, 0.15) is 56.0 Å². The smallest absolute Gasteiger partial charge is 0.156 e. The molecule has 0 aliphatic heterocycles. The van der Waals surface area contributed by atoms with Gasteiger partial charge in [-0.15, -0.1) is 5.10 Å². The molecule has 1 heterocycles. The van der Waals surface area contributed by atoms with Gasteiger partial charge < -0.3 is 5.73 Å². The number of aryl methyl sites for hydroxylation is 1. The van der Waals surface area contributed by atoms with Gasteiger partial charge in [-0.05, 0) is 19.8 Å². The first-order valence-electron chi connectivity index (χ1n) is 5.74. The third-order valence-corrected chi connectivity index (χ3v) is 3.13. The van der Waals surface area contributed by atoms with Crippen LogP contribution in [0.25, 0.3) is 0 Å². The Morgan fingerprint density at radius 1 is 1.07 bits per heavy atom. The minimum absolute atomic E-state index is 0.475. The summed E-state index contributed by atoms with van der Waals surface area (Å²) in [6, 6.07) is 0. The molecule has 0 atom stereocenters. The van der Waals surface area contributed by atoms with Crippen LogP contribution < -0.4 is 5.73 Å². The standard InChI is InChI=1S/C11H18N4/c1-8-10(12)13-11(15-14-8)9-6-4-2-3-5-7-9/h9H,2-7H2,1H3,(H2,12,13,15). The Morgan fingerprint density at radius 2 is 1.73 bits per heavy atom. The molecule has 1 aromatic heterocycles. The molecular formula is C11H18N4. The molecule has 0 aromatic carbocycles. The van der Waals surface area contributed by atoms with Crippen LogP contribution in [-0.2, 0) is 0 Å². The Labute approximate surface area is 90.3 Å². The van der Waals surface area contributed by atoms with Crippen molar-refractivity contribution in [1.29, 1.82) is 0 Å². The van der Waals surface area contributed by atoms with Crippen molar-refractivity contribution < 1.29 is 0 Å². The van der Waals surface area contributed by atoms with E-state index < -0.39 is 0 Å². The van der Waals surface area contributed by atoms with Crippen molar-refractivity contribution in [3.63, 3.8) is 0 Å². The zero-order chi connectivity index (χ0) is 10.7. The first-order chi connectivity index (χ1) is 7.27. The molecule has 82 valence electrons. The summed E-state index contributed by atoms with van der Waals surface area (Å²) in [5.74, 6) is 1.85. The first-order valence-corrected chi connectivity index (χ1v) is 5.74. The molecule has 4 heteroatoms. The van der Waals surface area contributed by atoms with Gasteiger partial charge in [0.1, 0.15) is 11.5 Å². The van der Waals surface area contributed by atoms with Gasteiger partial charge in [0.15, 0.2) is 5.82 Å². The summed E-state index contributed by atoms with van der Waals surface area (Å²) < 4.78 is 0. The molecule has 0 unspecified atom stereocenters. The normalized spacial score (nSPS) is 18.7. The molecule has 0 amide bonds. The summed E-state index contributed by atoms with van der Waals surface area (Å²) in [5, 5.41) is 8.21. The van der Waals surface area contributed by atoms with E-state index in [4.69, 9.17) is 5.73 Å². The molecule has 1 aliphatic rings. The molecule has 1 aliphatic carbocycles. The predicted molar refractivity (Wildman–Crippen MR) is 59.4 cm³/mol. The van der Waals surface area contributed by atoms with Crippen LogP contribution in [0, 0.1) is 6.92 Å². The minimum Gasteiger partial charge on any atom is -0.382 e. The summed E-state index contributed by atoms with van der Waals surface area (Å²) in [7, 11) is 0. The van der Waals surface area contributed by atoms with E-state index in [1.54, 1.807) is 0 Å². The molecule has 1 aromatic rings. The highest BCUT2D eigenvalue weighted by Crippen LogP contribution is 2.29. The third kappa shape index (κ3) is 2.43. The van der Waals surface area contributed by atoms with Crippen LogP contribution in [0.15, 0.2) is 0 Å². The van der Waals surface area contributed by atoms with E-state index in [0.29, 0.717) is 11.7 Å². The number of aromatic nitrogens is 3. The fourth-order valence-electron chi connectivity index (χ4n) is 2.11. The topological polar surface area (TPSA) is 64.7 Å². The quantitative estimate of drug-likeness (QED) is 0.715. The number of nitrogen functional groups attached to an aromatic ring is 1. The van der Waals surface area contributed by atoms with E-state index in [-0.39, 0.29) is 0 Å². The lowest BCUT2D eigenvalue weighted by atomic mass is 10.00. The van der Waals surface area contributed by atoms with Gasteiger partial charge >= 0.3 is 0 Å². The second-order valence-corrected chi connectivity index (χ2v) is 4.33. The van der Waals surface area contributed by atoms with Crippen molar-refractivity contribution in [3.05, 3.63) is 11.5 Å². The van der Waals surface area contributed by atoms with E-state index in [0.717, 1.165) is 11.5 Å². The molecule has 0 spiro atoms. The Hall–Kier alpha value is -1.19. The summed E-state index contributed by atoms with van der Waals surface area (Å²) >= 11 is 0. The highest BCUT2D eigenvalue weighted by molar-refractivity contribution is 5.31. The Morgan fingerprint density at radius 3 is 2.33 bits per heavy atom. The van der Waals surface area contributed by atoms with Gasteiger partial charge in [-0.3, -0.25) is 0 Å². The number of anilines is 1. The molecule has 0 bridgehead atoms. The lowest BCUT2D eigenvalue weighted by Gasteiger charge is -2.11. The molecule has 4 nitrogen and oxygen atoms in total. The highest BCUT2D eigenvalue weighted by Gasteiger charge is 2.18. The number of nitrogens with zero attached hydrogens (tertiary/aromatic N) is 3. The van der Waals surface area contributed by atoms with E-state index in [9.17, 15) is 0 Å². The van der Waals surface area contributed by atoms with Crippen LogP contribution in [0.2, 0.25) is 0 Å². The van der Waals surface area contributed by atoms with E-state index >= 15 is 0 Å². The average molecular weight is 206 g/mol. The fourth-order valence-corrected chi connectivity index (χ4v) is 2.11. The van der Waals surface area contributed by atoms with Crippen LogP contribution in [0.5, 0.6) is 0 Å². The lowest BCUT2D eigenvalue weighted by Crippen LogP contribution is -2.09. The average Bonchev–Trinajstić information content (AvgIpc) is 2.50. The van der Waals surface area contributed by atoms with Gasteiger partial charge in [0.25, 0.3) is 0 Å². The number of rotatable bonds is 1. The van der Waals surface area contributed by atoms with Crippen molar-refractivity contribution in [2.24, 2.45) is 0 Å². The van der Waals surface area contributed by atoms with E-state index in [1.165, 1.54) is 38.5 Å². The van der Waals surface area contributed by atoms with Gasteiger partial charge in [-0.1, -0.05) is 25.7 Å². The summed E-state index contributed by atoms with van der Waals surface area (Å²) in [4.78, 5) is 4.34. The van der Waals surface area contributed by atoms with E-state index in [2.05, 4.69) is 15.2 Å². The number of hydrogen-bond donors (Lipinski definition) is 1. The maximum atomic E-state index is 5.75. The second-order valence-electron chi connectivity index (χ2n) is 4.33. The summed E-state index contributed by atoms with van der Waals surface area (Å²) in [5.41, 5.74) is 6.48. The summed E-state index contributed by atoms with van der Waals surface area (Å²) in [6.07, 6.45) is 7.61. The molecule has 2 N–H and O–H groups in total. The maximum Gasteiger partial charge on any atom is 0.156 e. The molecular weight excluding hydrogens is 188 g/mol. The monoisotopic (exact) mass is 206 g/mol. The highest BCUT2D eigenvalue weighted by atomic mass is 15.2. The van der Waals surface area contributed by atoms with Gasteiger partial charge in [-0.25, -0.2) is 4.98 Å². The molecule has 15 heavy (non-hydrogen) atoms. The van der Waals surface area contributed by atoms with Crippen LogP contribution >= 0.6 is 0 Å². The van der Waals surface area contributed by atoms with E-state index in [1.807, 2.05) is 6.92 Å². The first kappa shape index (κ1) is 10.3. The Bertz CT molecular complexity index is 329. The van der Waals surface area contributed by atoms with Crippen molar-refractivity contribution in [3.8, 4) is 0 Å². The Balaban J connectivity index is 2.16. The van der Waals surface area contributed by atoms with Crippen LogP contribution in [0.3, 0.4) is 0 Å². The van der Waals surface area contributed by atoms with Crippen molar-refractivity contribution in [2.45, 2.75) is 51.4 Å². The Kier molecular flexibility index (Phi) is 3.14. The SMILES string of the molecule is Cc1nnc(C2CCCCCC2)nc1N. The van der Waals surface area contributed by atoms with Crippen molar-refractivity contribution in [2.75, 3.05) is 5.73 Å². The van der Waals surface area contributed by atoms with Crippen molar-refractivity contribution >= 4 is 5.82 Å². The molecule has 1 saturated carbocycles. The fraction of sp³-hybridized carbons (Fsp3) is 0.727. The van der Waals surface area contributed by atoms with Crippen LogP contribution in [0.4, 0.5) is 5.82 Å². The molecule has 1 fully saturated rings. The maximum absolute atomic E-state index is 5.75. The van der Waals surface area contributed by atoms with Gasteiger partial charge in [0.2, 0.25) is 0 Å². The zero-order valence-corrected chi connectivity index (χ0v) is 9.24. The molecule has 2 rings (SSSR count). The van der Waals surface area contributed by atoms with Gasteiger partial charge in [0.05, 0.1) is 0 Å².